The third kappa shape index (κ3) is 42.5. The van der Waals surface area contributed by atoms with E-state index in [2.05, 4.69) is 5.73 Å². The van der Waals surface area contributed by atoms with E-state index in [9.17, 15) is 14.9 Å². The SMILES string of the molecule is CC(=O)[O][Bi][O][N+](=O)[O-].O.O.O.O.O. The first-order chi connectivity index (χ1) is 4.13. The molecule has 0 amide bonds. The molecule has 11 nitrogen and oxygen atoms in total. The smallest absolute Gasteiger partial charge is 0.412 e. The van der Waals surface area contributed by atoms with Gasteiger partial charge in [-0.25, -0.2) is 0 Å². The number of rotatable bonds is 3. The summed E-state index contributed by atoms with van der Waals surface area (Å²) in [4.78, 5) is 19.4. The van der Waals surface area contributed by atoms with Crippen LogP contribution in [0.4, 0.5) is 0 Å². The van der Waals surface area contributed by atoms with Crippen LogP contribution in [-0.4, -0.2) is 62.6 Å². The normalized spacial score (nSPS) is 5.21. The van der Waals surface area contributed by atoms with Gasteiger partial charge in [0.1, 0.15) is 0 Å². The molecule has 0 unspecified atom stereocenters. The number of hydrogen-bond acceptors (Lipinski definition) is 5. The Morgan fingerprint density at radius 2 is 1.57 bits per heavy atom. The van der Waals surface area contributed by atoms with Crippen molar-refractivity contribution in [1.82, 2.24) is 0 Å². The minimum atomic E-state index is -2.06. The second kappa shape index (κ2) is 22.8. The van der Waals surface area contributed by atoms with Gasteiger partial charge in [0.15, 0.2) is 0 Å². The van der Waals surface area contributed by atoms with Crippen LogP contribution in [0.2, 0.25) is 0 Å². The molecule has 0 spiro atoms. The standard InChI is InChI=1S/C2H4O2.Bi.NO3.5H2O/c1-2(3)4;;2-1(3)4;;;;;/h1H3,(H,3,4);;;5*1H2/q;+2;-1;;;;;/p-1. The summed E-state index contributed by atoms with van der Waals surface area (Å²) < 4.78 is 8.04. The van der Waals surface area contributed by atoms with Crippen LogP contribution in [0, 0.1) is 10.1 Å². The fourth-order valence-electron chi connectivity index (χ4n) is 0.0964. The Balaban J connectivity index is -0.0000000320. The van der Waals surface area contributed by atoms with Crippen molar-refractivity contribution in [2.24, 2.45) is 0 Å². The van der Waals surface area contributed by atoms with E-state index in [-0.39, 0.29) is 27.4 Å². The molecule has 10 N–H and O–H groups in total. The zero-order valence-corrected chi connectivity index (χ0v) is 10.4. The fourth-order valence-corrected chi connectivity index (χ4v) is 0.846. The fraction of sp³-hybridized carbons (Fsp3) is 0.500. The van der Waals surface area contributed by atoms with Gasteiger partial charge < -0.3 is 27.4 Å². The quantitative estimate of drug-likeness (QED) is 0.247. The molecule has 0 rings (SSSR count). The van der Waals surface area contributed by atoms with E-state index in [0.29, 0.717) is 0 Å². The first-order valence-corrected chi connectivity index (χ1v) is 4.66. The molecule has 14 heavy (non-hydrogen) atoms. The molecule has 0 aromatic carbocycles. The summed E-state index contributed by atoms with van der Waals surface area (Å²) >= 11 is -2.06. The third-order valence-electron chi connectivity index (χ3n) is 0.266. The predicted molar refractivity (Wildman–Crippen MR) is 43.7 cm³/mol. The van der Waals surface area contributed by atoms with Crippen molar-refractivity contribution in [1.29, 1.82) is 0 Å². The van der Waals surface area contributed by atoms with Crippen molar-refractivity contribution < 1.29 is 43.0 Å². The zero-order chi connectivity index (χ0) is 7.28. The summed E-state index contributed by atoms with van der Waals surface area (Å²) in [5.74, 6) is -0.534. The molecular formula is C2H13BiNO10. The van der Waals surface area contributed by atoms with E-state index in [1.54, 1.807) is 0 Å². The van der Waals surface area contributed by atoms with E-state index in [1.807, 2.05) is 0 Å². The summed E-state index contributed by atoms with van der Waals surface area (Å²) in [5, 5.41) is 8.46. The summed E-state index contributed by atoms with van der Waals surface area (Å²) in [6, 6.07) is 0. The van der Waals surface area contributed by atoms with Crippen LogP contribution in [0.15, 0.2) is 0 Å². The molecule has 0 fully saturated rings. The van der Waals surface area contributed by atoms with Crippen LogP contribution in [0.5, 0.6) is 0 Å². The second-order valence-electron chi connectivity index (χ2n) is 0.963. The van der Waals surface area contributed by atoms with Crippen molar-refractivity contribution >= 4 is 30.1 Å². The molecule has 0 aliphatic heterocycles. The average Bonchev–Trinajstić information content (AvgIpc) is 1.63. The van der Waals surface area contributed by atoms with Gasteiger partial charge in [-0.3, -0.25) is 0 Å². The van der Waals surface area contributed by atoms with E-state index >= 15 is 0 Å². The molecule has 0 bridgehead atoms. The van der Waals surface area contributed by atoms with Crippen molar-refractivity contribution in [2.75, 3.05) is 0 Å². The molecule has 0 aromatic heterocycles. The Morgan fingerprint density at radius 3 is 1.79 bits per heavy atom. The Morgan fingerprint density at radius 1 is 1.21 bits per heavy atom. The third-order valence-corrected chi connectivity index (χ3v) is 2.33. The van der Waals surface area contributed by atoms with Crippen molar-refractivity contribution in [2.45, 2.75) is 6.92 Å². The summed E-state index contributed by atoms with van der Waals surface area (Å²) in [6.07, 6.45) is 0. The number of hydrogen-bond donors (Lipinski definition) is 0. The molecule has 0 aliphatic carbocycles. The predicted octanol–water partition coefficient (Wildman–Crippen LogP) is -4.83. The van der Waals surface area contributed by atoms with Gasteiger partial charge in [-0.2, -0.15) is 0 Å². The van der Waals surface area contributed by atoms with E-state index in [4.69, 9.17) is 0 Å². The number of carbonyl (C=O) groups is 1. The first kappa shape index (κ1) is 37.7. The minimum Gasteiger partial charge on any atom is -0.412 e. The van der Waals surface area contributed by atoms with Crippen LogP contribution < -0.4 is 0 Å². The number of carbonyl (C=O) groups excluding carboxylic acids is 1. The van der Waals surface area contributed by atoms with Crippen molar-refractivity contribution in [3.63, 3.8) is 0 Å². The van der Waals surface area contributed by atoms with Gasteiger partial charge in [-0.05, 0) is 0 Å². The first-order valence-electron chi connectivity index (χ1n) is 1.82. The molecule has 0 aromatic rings. The van der Waals surface area contributed by atoms with Gasteiger partial charge in [0.25, 0.3) is 0 Å². The maximum Gasteiger partial charge on any atom is -0.412 e. The van der Waals surface area contributed by atoms with Gasteiger partial charge in [-0.15, -0.1) is 0 Å². The van der Waals surface area contributed by atoms with E-state index in [0.717, 1.165) is 0 Å². The summed E-state index contributed by atoms with van der Waals surface area (Å²) in [6.45, 7) is 1.17. The van der Waals surface area contributed by atoms with Crippen molar-refractivity contribution in [3.05, 3.63) is 10.1 Å². The van der Waals surface area contributed by atoms with Gasteiger partial charge in [-0.1, -0.05) is 0 Å². The maximum atomic E-state index is 9.95. The topological polar surface area (TPSA) is 236 Å². The minimum absolute atomic E-state index is 0. The summed E-state index contributed by atoms with van der Waals surface area (Å²) in [7, 11) is 0. The van der Waals surface area contributed by atoms with Gasteiger partial charge in [0, 0.05) is 0 Å². The molecule has 0 atom stereocenters. The Hall–Kier alpha value is -0.647. The zero-order valence-electron chi connectivity index (χ0n) is 6.94. The van der Waals surface area contributed by atoms with Crippen LogP contribution in [0.3, 0.4) is 0 Å². The Kier molecular flexibility index (Phi) is 61.4. The van der Waals surface area contributed by atoms with Crippen molar-refractivity contribution in [3.8, 4) is 0 Å². The van der Waals surface area contributed by atoms with Gasteiger partial charge in [0.2, 0.25) is 0 Å². The van der Waals surface area contributed by atoms with Crippen LogP contribution in [0.25, 0.3) is 0 Å². The largest absolute Gasteiger partial charge is 0.412 e. The Bertz CT molecular complexity index is 113. The van der Waals surface area contributed by atoms with Crippen LogP contribution >= 0.6 is 0 Å². The molecule has 1 radical (unpaired) electrons. The maximum absolute atomic E-state index is 9.95. The molecule has 12 heteroatoms. The summed E-state index contributed by atoms with van der Waals surface area (Å²) in [5.41, 5.74) is 0. The molecule has 0 saturated heterocycles. The van der Waals surface area contributed by atoms with Gasteiger partial charge >= 0.3 is 62.7 Å². The van der Waals surface area contributed by atoms with E-state index in [1.165, 1.54) is 6.92 Å². The second-order valence-corrected chi connectivity index (χ2v) is 2.89. The van der Waals surface area contributed by atoms with E-state index < -0.39 is 35.2 Å². The Labute approximate surface area is 90.4 Å². The molecule has 0 aliphatic rings. The number of nitrogens with zero attached hydrogens (tertiary/aromatic N) is 1. The molecule has 91 valence electrons. The molecule has 0 heterocycles. The monoisotopic (exact) mass is 420 g/mol. The van der Waals surface area contributed by atoms with Crippen LogP contribution in [-0.2, 0) is 10.5 Å². The molecular weight excluding hydrogens is 407 g/mol. The average molecular weight is 420 g/mol. The van der Waals surface area contributed by atoms with Crippen LogP contribution in [0.1, 0.15) is 6.92 Å². The molecule has 0 saturated carbocycles. The van der Waals surface area contributed by atoms with Gasteiger partial charge in [0.05, 0.1) is 0 Å².